The van der Waals surface area contributed by atoms with Crippen molar-refractivity contribution in [3.05, 3.63) is 32.9 Å². The summed E-state index contributed by atoms with van der Waals surface area (Å²) in [7, 11) is -3.62. The van der Waals surface area contributed by atoms with Gasteiger partial charge in [-0.1, -0.05) is 6.42 Å². The molecule has 0 radical (unpaired) electrons. The summed E-state index contributed by atoms with van der Waals surface area (Å²) in [6.07, 6.45) is 3.38. The third-order valence-electron chi connectivity index (χ3n) is 4.20. The van der Waals surface area contributed by atoms with Crippen LogP contribution in [0.5, 0.6) is 0 Å². The van der Waals surface area contributed by atoms with Crippen molar-refractivity contribution in [2.24, 2.45) is 0 Å². The molecular weight excluding hydrogens is 446 g/mol. The van der Waals surface area contributed by atoms with E-state index >= 15 is 0 Å². The highest BCUT2D eigenvalue weighted by atomic mass is 79.9. The molecule has 1 unspecified atom stereocenters. The molecule has 2 heterocycles. The Balaban J connectivity index is 1.92. The molecule has 9 heteroatoms. The van der Waals surface area contributed by atoms with Gasteiger partial charge in [-0.25, -0.2) is 13.9 Å². The molecule has 0 bridgehead atoms. The zero-order valence-electron chi connectivity index (χ0n) is 13.9. The zero-order chi connectivity index (χ0) is 18.7. The number of sulfone groups is 1. The van der Waals surface area contributed by atoms with Crippen LogP contribution in [0.3, 0.4) is 0 Å². The minimum Gasteiger partial charge on any atom is -0.289 e. The number of thiophene rings is 2. The summed E-state index contributed by atoms with van der Waals surface area (Å²) in [5.74, 6) is -0.878. The minimum atomic E-state index is -3.62. The van der Waals surface area contributed by atoms with Gasteiger partial charge in [0.25, 0.3) is 5.91 Å². The van der Waals surface area contributed by atoms with Gasteiger partial charge in [-0.15, -0.1) is 22.7 Å². The number of halogens is 1. The first-order valence-electron chi connectivity index (χ1n) is 7.66. The number of unbranched alkanes of at least 4 members (excludes halogenated alkanes) is 1. The van der Waals surface area contributed by atoms with Gasteiger partial charge < -0.3 is 0 Å². The lowest BCUT2D eigenvalue weighted by atomic mass is 10.0. The SMILES string of the molecule is CC(CCCCc1ccc(-c2ccc(Br)s2)s1)(C(=O)NO)S(C)(=O)=O. The van der Waals surface area contributed by atoms with E-state index in [9.17, 15) is 13.2 Å². The van der Waals surface area contributed by atoms with Crippen molar-refractivity contribution in [2.75, 3.05) is 6.26 Å². The van der Waals surface area contributed by atoms with Crippen molar-refractivity contribution in [1.82, 2.24) is 5.48 Å². The molecule has 138 valence electrons. The summed E-state index contributed by atoms with van der Waals surface area (Å²) < 4.78 is 23.3. The van der Waals surface area contributed by atoms with Crippen LogP contribution in [0.1, 0.15) is 31.1 Å². The molecule has 2 rings (SSSR count). The molecular formula is C16H20BrNO4S3. The molecule has 0 aliphatic heterocycles. The Labute approximate surface area is 164 Å². The van der Waals surface area contributed by atoms with E-state index in [1.165, 1.54) is 27.0 Å². The fourth-order valence-corrected chi connectivity index (χ4v) is 5.86. The van der Waals surface area contributed by atoms with Gasteiger partial charge in [0.1, 0.15) is 4.75 Å². The van der Waals surface area contributed by atoms with Gasteiger partial charge in [-0.05, 0) is 66.4 Å². The largest absolute Gasteiger partial charge is 0.289 e. The summed E-state index contributed by atoms with van der Waals surface area (Å²) in [5, 5.41) is 8.82. The summed E-state index contributed by atoms with van der Waals surface area (Å²) in [6, 6.07) is 8.29. The number of hydroxylamine groups is 1. The fourth-order valence-electron chi connectivity index (χ4n) is 2.44. The van der Waals surface area contributed by atoms with Crippen LogP contribution in [0.2, 0.25) is 0 Å². The summed E-state index contributed by atoms with van der Waals surface area (Å²) in [6.45, 7) is 1.35. The summed E-state index contributed by atoms with van der Waals surface area (Å²) >= 11 is 6.88. The van der Waals surface area contributed by atoms with Crippen molar-refractivity contribution in [3.8, 4) is 9.75 Å². The first-order valence-corrected chi connectivity index (χ1v) is 12.0. The fraction of sp³-hybridized carbons (Fsp3) is 0.438. The number of nitrogens with one attached hydrogen (secondary N) is 1. The average Bonchev–Trinajstić information content (AvgIpc) is 3.18. The number of hydrogen-bond acceptors (Lipinski definition) is 6. The first kappa shape index (κ1) is 20.6. The highest BCUT2D eigenvalue weighted by molar-refractivity contribution is 9.11. The predicted octanol–water partition coefficient (Wildman–Crippen LogP) is 4.26. The van der Waals surface area contributed by atoms with Crippen LogP contribution in [-0.2, 0) is 21.1 Å². The van der Waals surface area contributed by atoms with E-state index in [1.54, 1.807) is 22.7 Å². The molecule has 0 saturated carbocycles. The second-order valence-electron chi connectivity index (χ2n) is 6.02. The number of rotatable bonds is 8. The van der Waals surface area contributed by atoms with Crippen LogP contribution in [-0.4, -0.2) is 30.5 Å². The Morgan fingerprint density at radius 1 is 1.20 bits per heavy atom. The second-order valence-corrected chi connectivity index (χ2v) is 12.1. The topological polar surface area (TPSA) is 83.5 Å². The molecule has 2 N–H and O–H groups in total. The quantitative estimate of drug-likeness (QED) is 0.346. The van der Waals surface area contributed by atoms with E-state index in [0.717, 1.165) is 22.9 Å². The molecule has 2 aromatic rings. The van der Waals surface area contributed by atoms with Crippen molar-refractivity contribution in [2.45, 2.75) is 37.4 Å². The molecule has 2 aromatic heterocycles. The lowest BCUT2D eigenvalue weighted by molar-refractivity contribution is -0.131. The molecule has 0 aliphatic rings. The number of aryl methyl sites for hydroxylation is 1. The molecule has 0 aromatic carbocycles. The Bertz CT molecular complexity index is 843. The molecule has 25 heavy (non-hydrogen) atoms. The van der Waals surface area contributed by atoms with E-state index in [1.807, 2.05) is 6.07 Å². The normalized spacial score (nSPS) is 14.2. The van der Waals surface area contributed by atoms with Crippen molar-refractivity contribution >= 4 is 54.3 Å². The molecule has 1 amide bonds. The standard InChI is InChI=1S/C16H20BrNO4S3/c1-16(15(19)18-20,25(2,21)22)10-4-3-5-11-6-7-12(23-11)13-8-9-14(17)24-13/h6-9,20H,3-5,10H2,1-2H3,(H,18,19). The maximum absolute atomic E-state index is 11.9. The van der Waals surface area contributed by atoms with Crippen LogP contribution >= 0.6 is 38.6 Å². The molecule has 0 fully saturated rings. The lowest BCUT2D eigenvalue weighted by Gasteiger charge is -2.24. The first-order chi connectivity index (χ1) is 11.7. The van der Waals surface area contributed by atoms with Crippen molar-refractivity contribution in [1.29, 1.82) is 0 Å². The predicted molar refractivity (Wildman–Crippen MR) is 106 cm³/mol. The zero-order valence-corrected chi connectivity index (χ0v) is 17.9. The smallest absolute Gasteiger partial charge is 0.264 e. The molecule has 0 spiro atoms. The monoisotopic (exact) mass is 465 g/mol. The Morgan fingerprint density at radius 3 is 2.40 bits per heavy atom. The highest BCUT2D eigenvalue weighted by Crippen LogP contribution is 2.36. The molecule has 1 atom stereocenters. The van der Waals surface area contributed by atoms with Gasteiger partial charge >= 0.3 is 0 Å². The second kappa shape index (κ2) is 8.30. The summed E-state index contributed by atoms with van der Waals surface area (Å²) in [4.78, 5) is 15.4. The molecule has 0 aliphatic carbocycles. The Morgan fingerprint density at radius 2 is 1.84 bits per heavy atom. The van der Waals surface area contributed by atoms with Gasteiger partial charge in [-0.3, -0.25) is 10.0 Å². The van der Waals surface area contributed by atoms with E-state index in [2.05, 4.69) is 34.1 Å². The highest BCUT2D eigenvalue weighted by Gasteiger charge is 2.42. The van der Waals surface area contributed by atoms with Crippen LogP contribution in [0.25, 0.3) is 9.75 Å². The van der Waals surface area contributed by atoms with Crippen LogP contribution in [0.4, 0.5) is 0 Å². The van der Waals surface area contributed by atoms with Crippen molar-refractivity contribution in [3.63, 3.8) is 0 Å². The van der Waals surface area contributed by atoms with Gasteiger partial charge in [0.05, 0.1) is 3.79 Å². The lowest BCUT2D eigenvalue weighted by Crippen LogP contribution is -2.49. The van der Waals surface area contributed by atoms with E-state index < -0.39 is 20.5 Å². The maximum Gasteiger partial charge on any atom is 0.264 e. The Hall–Kier alpha value is -0.740. The van der Waals surface area contributed by atoms with Gasteiger partial charge in [0.15, 0.2) is 9.84 Å². The van der Waals surface area contributed by atoms with E-state index in [4.69, 9.17) is 5.21 Å². The van der Waals surface area contributed by atoms with Gasteiger partial charge in [0.2, 0.25) is 0 Å². The van der Waals surface area contributed by atoms with E-state index in [0.29, 0.717) is 6.42 Å². The molecule has 5 nitrogen and oxygen atoms in total. The minimum absolute atomic E-state index is 0.175. The maximum atomic E-state index is 11.9. The van der Waals surface area contributed by atoms with Gasteiger partial charge in [-0.2, -0.15) is 0 Å². The van der Waals surface area contributed by atoms with Crippen LogP contribution in [0, 0.1) is 0 Å². The van der Waals surface area contributed by atoms with Gasteiger partial charge in [0, 0.05) is 20.9 Å². The third-order valence-corrected chi connectivity index (χ3v) is 9.20. The summed E-state index contributed by atoms with van der Waals surface area (Å²) in [5.41, 5.74) is 1.48. The van der Waals surface area contributed by atoms with E-state index in [-0.39, 0.29) is 6.42 Å². The third kappa shape index (κ3) is 4.91. The van der Waals surface area contributed by atoms with Crippen LogP contribution < -0.4 is 5.48 Å². The number of amides is 1. The van der Waals surface area contributed by atoms with Crippen LogP contribution in [0.15, 0.2) is 28.1 Å². The average molecular weight is 466 g/mol. The number of hydrogen-bond donors (Lipinski definition) is 2. The number of carbonyl (C=O) groups is 1. The number of carbonyl (C=O) groups excluding carboxylic acids is 1. The molecule has 0 saturated heterocycles. The Kier molecular flexibility index (Phi) is 6.83. The van der Waals surface area contributed by atoms with Crippen molar-refractivity contribution < 1.29 is 18.4 Å².